The molecule has 2 nitrogen and oxygen atoms in total. The molecule has 20 heavy (non-hydrogen) atoms. The van der Waals surface area contributed by atoms with Crippen LogP contribution in [0.5, 0.6) is 0 Å². The standard InChI is InChI=1S/C16H24F2N2/c1-4-16(5-2)11-19-12(3)9-20(16)10-13-6-14(17)8-15(18)7-13/h6-8,12,19H,4-5,9-11H2,1-3H3. The third-order valence-electron chi connectivity index (χ3n) is 4.56. The van der Waals surface area contributed by atoms with Gasteiger partial charge in [-0.05, 0) is 37.5 Å². The van der Waals surface area contributed by atoms with E-state index in [-0.39, 0.29) is 5.54 Å². The molecule has 0 aromatic heterocycles. The van der Waals surface area contributed by atoms with Crippen LogP contribution in [-0.4, -0.2) is 29.6 Å². The largest absolute Gasteiger partial charge is 0.311 e. The van der Waals surface area contributed by atoms with E-state index >= 15 is 0 Å². The lowest BCUT2D eigenvalue weighted by Gasteiger charge is -2.49. The van der Waals surface area contributed by atoms with Gasteiger partial charge < -0.3 is 5.32 Å². The fourth-order valence-corrected chi connectivity index (χ4v) is 3.17. The minimum atomic E-state index is -0.498. The molecule has 4 heteroatoms. The Morgan fingerprint density at radius 2 is 1.80 bits per heavy atom. The van der Waals surface area contributed by atoms with E-state index in [4.69, 9.17) is 0 Å². The average Bonchev–Trinajstić information content (AvgIpc) is 2.38. The number of nitrogens with one attached hydrogen (secondary N) is 1. The third kappa shape index (κ3) is 3.18. The Labute approximate surface area is 120 Å². The molecular weight excluding hydrogens is 258 g/mol. The molecule has 1 aromatic carbocycles. The second-order valence-electron chi connectivity index (χ2n) is 5.87. The highest BCUT2D eigenvalue weighted by molar-refractivity contribution is 5.18. The van der Waals surface area contributed by atoms with Gasteiger partial charge in [-0.25, -0.2) is 8.78 Å². The molecule has 1 N–H and O–H groups in total. The summed E-state index contributed by atoms with van der Waals surface area (Å²) in [4.78, 5) is 2.38. The second kappa shape index (κ2) is 6.19. The number of nitrogens with zero attached hydrogens (tertiary/aromatic N) is 1. The monoisotopic (exact) mass is 282 g/mol. The van der Waals surface area contributed by atoms with Gasteiger partial charge in [-0.1, -0.05) is 13.8 Å². The molecule has 1 aromatic rings. The molecular formula is C16H24F2N2. The summed E-state index contributed by atoms with van der Waals surface area (Å²) in [6.45, 7) is 8.94. The van der Waals surface area contributed by atoms with Crippen molar-refractivity contribution >= 4 is 0 Å². The normalized spacial score (nSPS) is 22.9. The Balaban J connectivity index is 2.23. The summed E-state index contributed by atoms with van der Waals surface area (Å²) in [5.74, 6) is -0.997. The zero-order valence-electron chi connectivity index (χ0n) is 12.5. The lowest BCUT2D eigenvalue weighted by Crippen LogP contribution is -2.63. The summed E-state index contributed by atoms with van der Waals surface area (Å²) < 4.78 is 26.7. The van der Waals surface area contributed by atoms with Crippen LogP contribution in [0.25, 0.3) is 0 Å². The zero-order valence-corrected chi connectivity index (χ0v) is 12.5. The Hall–Kier alpha value is -1.00. The van der Waals surface area contributed by atoms with Crippen LogP contribution in [0.15, 0.2) is 18.2 Å². The maximum absolute atomic E-state index is 13.3. The maximum atomic E-state index is 13.3. The molecule has 2 rings (SSSR count). The summed E-state index contributed by atoms with van der Waals surface area (Å²) in [5, 5.41) is 3.52. The van der Waals surface area contributed by atoms with Crippen LogP contribution < -0.4 is 5.32 Å². The van der Waals surface area contributed by atoms with Crippen LogP contribution >= 0.6 is 0 Å². The molecule has 0 amide bonds. The number of piperazine rings is 1. The highest BCUT2D eigenvalue weighted by Crippen LogP contribution is 2.29. The number of halogens is 2. The lowest BCUT2D eigenvalue weighted by atomic mass is 9.87. The van der Waals surface area contributed by atoms with Crippen LogP contribution in [0.3, 0.4) is 0 Å². The Morgan fingerprint density at radius 3 is 2.35 bits per heavy atom. The summed E-state index contributed by atoms with van der Waals surface area (Å²) in [5.41, 5.74) is 0.790. The first-order valence-corrected chi connectivity index (χ1v) is 7.42. The highest BCUT2D eigenvalue weighted by atomic mass is 19.1. The predicted octanol–water partition coefficient (Wildman–Crippen LogP) is 3.32. The summed E-state index contributed by atoms with van der Waals surface area (Å²) in [6, 6.07) is 4.20. The molecule has 0 aliphatic carbocycles. The van der Waals surface area contributed by atoms with E-state index in [1.54, 1.807) is 0 Å². The summed E-state index contributed by atoms with van der Waals surface area (Å²) >= 11 is 0. The van der Waals surface area contributed by atoms with Gasteiger partial charge in [0.15, 0.2) is 0 Å². The van der Waals surface area contributed by atoms with Gasteiger partial charge >= 0.3 is 0 Å². The van der Waals surface area contributed by atoms with Crippen molar-refractivity contribution in [2.75, 3.05) is 13.1 Å². The van der Waals surface area contributed by atoms with E-state index in [1.807, 2.05) is 0 Å². The third-order valence-corrected chi connectivity index (χ3v) is 4.56. The van der Waals surface area contributed by atoms with E-state index in [0.29, 0.717) is 18.2 Å². The lowest BCUT2D eigenvalue weighted by molar-refractivity contribution is 0.0277. The van der Waals surface area contributed by atoms with Gasteiger partial charge in [0.1, 0.15) is 11.6 Å². The molecule has 1 unspecified atom stereocenters. The molecule has 1 fully saturated rings. The number of benzene rings is 1. The van der Waals surface area contributed by atoms with Gasteiger partial charge in [-0.15, -0.1) is 0 Å². The average molecular weight is 282 g/mol. The quantitative estimate of drug-likeness (QED) is 0.911. The van der Waals surface area contributed by atoms with E-state index in [2.05, 4.69) is 31.0 Å². The smallest absolute Gasteiger partial charge is 0.126 e. The van der Waals surface area contributed by atoms with Gasteiger partial charge in [-0.2, -0.15) is 0 Å². The predicted molar refractivity (Wildman–Crippen MR) is 77.5 cm³/mol. The number of rotatable bonds is 4. The van der Waals surface area contributed by atoms with Crippen LogP contribution in [-0.2, 0) is 6.54 Å². The minimum Gasteiger partial charge on any atom is -0.311 e. The molecule has 112 valence electrons. The van der Waals surface area contributed by atoms with Gasteiger partial charge in [0.05, 0.1) is 0 Å². The molecule has 1 atom stereocenters. The fourth-order valence-electron chi connectivity index (χ4n) is 3.17. The van der Waals surface area contributed by atoms with Crippen molar-refractivity contribution < 1.29 is 8.78 Å². The Morgan fingerprint density at radius 1 is 1.20 bits per heavy atom. The van der Waals surface area contributed by atoms with Crippen molar-refractivity contribution in [1.82, 2.24) is 10.2 Å². The van der Waals surface area contributed by atoms with Crippen LogP contribution in [0.4, 0.5) is 8.78 Å². The first-order valence-electron chi connectivity index (χ1n) is 7.42. The minimum absolute atomic E-state index is 0.0787. The topological polar surface area (TPSA) is 15.3 Å². The SMILES string of the molecule is CCC1(CC)CNC(C)CN1Cc1cc(F)cc(F)c1. The van der Waals surface area contributed by atoms with Crippen molar-refractivity contribution in [1.29, 1.82) is 0 Å². The van der Waals surface area contributed by atoms with Crippen molar-refractivity contribution in [3.8, 4) is 0 Å². The zero-order chi connectivity index (χ0) is 14.8. The van der Waals surface area contributed by atoms with Gasteiger partial charge in [-0.3, -0.25) is 4.90 Å². The van der Waals surface area contributed by atoms with Crippen LogP contribution in [0.2, 0.25) is 0 Å². The maximum Gasteiger partial charge on any atom is 0.126 e. The van der Waals surface area contributed by atoms with Gasteiger partial charge in [0.25, 0.3) is 0 Å². The molecule has 0 bridgehead atoms. The van der Waals surface area contributed by atoms with E-state index < -0.39 is 11.6 Å². The van der Waals surface area contributed by atoms with E-state index in [0.717, 1.165) is 32.0 Å². The molecule has 1 heterocycles. The molecule has 1 aliphatic heterocycles. The van der Waals surface area contributed by atoms with Crippen LogP contribution in [0, 0.1) is 11.6 Å². The molecule has 1 aliphatic rings. The van der Waals surface area contributed by atoms with Crippen LogP contribution in [0.1, 0.15) is 39.2 Å². The number of hydrogen-bond acceptors (Lipinski definition) is 2. The molecule has 0 radical (unpaired) electrons. The van der Waals surface area contributed by atoms with Crippen molar-refractivity contribution in [3.05, 3.63) is 35.4 Å². The first kappa shape index (κ1) is 15.4. The second-order valence-corrected chi connectivity index (χ2v) is 5.87. The van der Waals surface area contributed by atoms with E-state index in [9.17, 15) is 8.78 Å². The summed E-state index contributed by atoms with van der Waals surface area (Å²) in [6.07, 6.45) is 2.06. The Bertz CT molecular complexity index is 438. The first-order chi connectivity index (χ1) is 9.49. The van der Waals surface area contributed by atoms with Gasteiger partial charge in [0.2, 0.25) is 0 Å². The fraction of sp³-hybridized carbons (Fsp3) is 0.625. The van der Waals surface area contributed by atoms with Crippen molar-refractivity contribution in [2.45, 2.75) is 51.7 Å². The number of hydrogen-bond donors (Lipinski definition) is 1. The van der Waals surface area contributed by atoms with E-state index in [1.165, 1.54) is 12.1 Å². The highest BCUT2D eigenvalue weighted by Gasteiger charge is 2.37. The van der Waals surface area contributed by atoms with Crippen molar-refractivity contribution in [2.24, 2.45) is 0 Å². The van der Waals surface area contributed by atoms with Gasteiger partial charge in [0, 0.05) is 37.3 Å². The van der Waals surface area contributed by atoms with Crippen molar-refractivity contribution in [3.63, 3.8) is 0 Å². The molecule has 0 spiro atoms. The molecule has 0 saturated carbocycles. The molecule has 1 saturated heterocycles. The Kier molecular flexibility index (Phi) is 4.76. The summed E-state index contributed by atoms with van der Waals surface area (Å²) in [7, 11) is 0.